The molecule has 0 heterocycles. The molecule has 0 aliphatic heterocycles. The zero-order chi connectivity index (χ0) is 41.8. The van der Waals surface area contributed by atoms with Crippen molar-refractivity contribution >= 4 is 47.4 Å². The van der Waals surface area contributed by atoms with Crippen molar-refractivity contribution in [2.24, 2.45) is 5.73 Å². The summed E-state index contributed by atoms with van der Waals surface area (Å²) in [5, 5.41) is 37.5. The van der Waals surface area contributed by atoms with Crippen molar-refractivity contribution in [1.29, 1.82) is 0 Å². The van der Waals surface area contributed by atoms with Gasteiger partial charge in [0.15, 0.2) is 0 Å². The Labute approximate surface area is 327 Å². The molecule has 0 radical (unpaired) electrons. The number of rotatable bonds is 39. The lowest BCUT2D eigenvalue weighted by Gasteiger charge is -2.17. The van der Waals surface area contributed by atoms with Crippen molar-refractivity contribution in [3.63, 3.8) is 0 Å². The average molecular weight is 806 g/mol. The Morgan fingerprint density at radius 2 is 0.839 bits per heavy atom. The number of nitrogens with one attached hydrogen (secondary N) is 4. The van der Waals surface area contributed by atoms with E-state index in [-0.39, 0.29) is 110 Å². The van der Waals surface area contributed by atoms with Crippen LogP contribution >= 0.6 is 0 Å². The molecule has 20 nitrogen and oxygen atoms in total. The molecule has 5 amide bonds. The van der Waals surface area contributed by atoms with Crippen LogP contribution in [0.1, 0.15) is 103 Å². The van der Waals surface area contributed by atoms with E-state index >= 15 is 0 Å². The Bertz CT molecular complexity index is 1170. The standard InChI is InChI=1S/C36H63N5O15/c37-29(42)25-55-23-21-54-20-18-39-33(46)26-56-24-22-53-19-17-38-30(43)15-13-27(35(49)50)41-32(45)16-14-28(36(51)52)40-31(44)11-9-7-5-3-1-2-4-6-8-10-12-34(47)48/h27-28H,1-26H2,(H2,37,42)(H,38,43)(H,39,46)(H,40,44)(H,41,45)(H,47,48)(H,49,50)(H,51,52)/t27-,28-/m0/s1. The molecule has 0 spiro atoms. The number of amides is 5. The van der Waals surface area contributed by atoms with E-state index in [1.165, 1.54) is 0 Å². The van der Waals surface area contributed by atoms with Gasteiger partial charge in [-0.15, -0.1) is 0 Å². The highest BCUT2D eigenvalue weighted by Crippen LogP contribution is 2.12. The van der Waals surface area contributed by atoms with Gasteiger partial charge in [0.2, 0.25) is 29.5 Å². The number of unbranched alkanes of at least 4 members (excludes halogenated alkanes) is 9. The number of carbonyl (C=O) groups is 8. The third-order valence-electron chi connectivity index (χ3n) is 7.99. The van der Waals surface area contributed by atoms with E-state index in [1.807, 2.05) is 0 Å². The summed E-state index contributed by atoms with van der Waals surface area (Å²) in [5.41, 5.74) is 4.93. The minimum absolute atomic E-state index is 0.123. The first-order valence-electron chi connectivity index (χ1n) is 19.2. The van der Waals surface area contributed by atoms with Crippen LogP contribution in [0.4, 0.5) is 0 Å². The molecular formula is C36H63N5O15. The Balaban J connectivity index is 4.03. The summed E-state index contributed by atoms with van der Waals surface area (Å²) >= 11 is 0. The lowest BCUT2D eigenvalue weighted by atomic mass is 10.0. The SMILES string of the molecule is NC(=O)COCCOCCNC(=O)COCCOCCNC(=O)CC[C@H](NC(=O)CC[C@H](NC(=O)CCCCCCCCCCCCC(=O)O)C(=O)O)C(=O)O. The fourth-order valence-corrected chi connectivity index (χ4v) is 5.02. The molecule has 2 atom stereocenters. The van der Waals surface area contributed by atoms with Crippen LogP contribution in [-0.4, -0.2) is 141 Å². The summed E-state index contributed by atoms with van der Waals surface area (Å²) < 4.78 is 20.7. The average Bonchev–Trinajstić information content (AvgIpc) is 3.13. The number of nitrogens with two attached hydrogens (primary N) is 1. The number of aliphatic carboxylic acids is 3. The zero-order valence-electron chi connectivity index (χ0n) is 32.4. The smallest absolute Gasteiger partial charge is 0.326 e. The third-order valence-corrected chi connectivity index (χ3v) is 7.99. The van der Waals surface area contributed by atoms with Gasteiger partial charge in [0, 0.05) is 38.8 Å². The molecule has 0 saturated heterocycles. The van der Waals surface area contributed by atoms with Gasteiger partial charge in [0.05, 0.1) is 39.6 Å². The molecule has 0 rings (SSSR count). The summed E-state index contributed by atoms with van der Waals surface area (Å²) in [4.78, 5) is 93.0. The van der Waals surface area contributed by atoms with Crippen LogP contribution in [0, 0.1) is 0 Å². The largest absolute Gasteiger partial charge is 0.481 e. The molecule has 0 unspecified atom stereocenters. The monoisotopic (exact) mass is 805 g/mol. The fraction of sp³-hybridized carbons (Fsp3) is 0.778. The summed E-state index contributed by atoms with van der Waals surface area (Å²) in [6.45, 7) is 1.10. The minimum atomic E-state index is -1.39. The van der Waals surface area contributed by atoms with Gasteiger partial charge in [-0.25, -0.2) is 9.59 Å². The summed E-state index contributed by atoms with van der Waals surface area (Å²) in [5.74, 6) is -6.03. The third kappa shape index (κ3) is 34.1. The molecule has 0 aliphatic rings. The van der Waals surface area contributed by atoms with E-state index < -0.39 is 53.6 Å². The van der Waals surface area contributed by atoms with Gasteiger partial charge in [-0.1, -0.05) is 51.4 Å². The zero-order valence-corrected chi connectivity index (χ0v) is 32.4. The molecule has 0 saturated carbocycles. The van der Waals surface area contributed by atoms with Crippen molar-refractivity contribution < 1.29 is 72.6 Å². The van der Waals surface area contributed by atoms with E-state index in [0.717, 1.165) is 51.4 Å². The summed E-state index contributed by atoms with van der Waals surface area (Å²) in [6.07, 6.45) is 8.52. The van der Waals surface area contributed by atoms with Gasteiger partial charge < -0.3 is 61.3 Å². The Hall–Kier alpha value is -4.40. The van der Waals surface area contributed by atoms with E-state index in [0.29, 0.717) is 12.8 Å². The minimum Gasteiger partial charge on any atom is -0.481 e. The Morgan fingerprint density at radius 1 is 0.446 bits per heavy atom. The highest BCUT2D eigenvalue weighted by Gasteiger charge is 2.24. The molecule has 0 aromatic heterocycles. The highest BCUT2D eigenvalue weighted by molar-refractivity contribution is 5.86. The summed E-state index contributed by atoms with van der Waals surface area (Å²) in [6, 6.07) is -2.71. The van der Waals surface area contributed by atoms with Gasteiger partial charge in [-0.2, -0.15) is 0 Å². The molecule has 0 aliphatic carbocycles. The topological polar surface area (TPSA) is 308 Å². The van der Waals surface area contributed by atoms with E-state index in [1.54, 1.807) is 0 Å². The maximum Gasteiger partial charge on any atom is 0.326 e. The van der Waals surface area contributed by atoms with Crippen LogP contribution in [0.5, 0.6) is 0 Å². The van der Waals surface area contributed by atoms with Crippen molar-refractivity contribution in [3.05, 3.63) is 0 Å². The molecule has 56 heavy (non-hydrogen) atoms. The van der Waals surface area contributed by atoms with Crippen molar-refractivity contribution in [3.8, 4) is 0 Å². The van der Waals surface area contributed by atoms with Gasteiger partial charge >= 0.3 is 17.9 Å². The second-order valence-electron chi connectivity index (χ2n) is 12.9. The first-order valence-corrected chi connectivity index (χ1v) is 19.2. The molecule has 0 aromatic carbocycles. The van der Waals surface area contributed by atoms with Crippen LogP contribution in [0.2, 0.25) is 0 Å². The number of carbonyl (C=O) groups excluding carboxylic acids is 5. The maximum atomic E-state index is 12.4. The summed E-state index contributed by atoms with van der Waals surface area (Å²) in [7, 11) is 0. The molecular weight excluding hydrogens is 742 g/mol. The predicted octanol–water partition coefficient (Wildman–Crippen LogP) is 0.236. The van der Waals surface area contributed by atoms with Crippen molar-refractivity contribution in [1.82, 2.24) is 21.3 Å². The first-order chi connectivity index (χ1) is 26.8. The quantitative estimate of drug-likeness (QED) is 0.0386. The van der Waals surface area contributed by atoms with Crippen LogP contribution in [0.15, 0.2) is 0 Å². The Kier molecular flexibility index (Phi) is 32.3. The molecule has 322 valence electrons. The second kappa shape index (κ2) is 35.0. The normalized spacial score (nSPS) is 11.9. The molecule has 0 bridgehead atoms. The fourth-order valence-electron chi connectivity index (χ4n) is 5.02. The highest BCUT2D eigenvalue weighted by atomic mass is 16.5. The molecule has 20 heteroatoms. The lowest BCUT2D eigenvalue weighted by Crippen LogP contribution is -2.44. The number of hydrogen-bond donors (Lipinski definition) is 8. The number of primary amides is 1. The van der Waals surface area contributed by atoms with Gasteiger partial charge in [0.1, 0.15) is 25.3 Å². The molecule has 0 fully saturated rings. The second-order valence-corrected chi connectivity index (χ2v) is 12.9. The molecule has 0 aromatic rings. The van der Waals surface area contributed by atoms with E-state index in [9.17, 15) is 48.6 Å². The van der Waals surface area contributed by atoms with Crippen LogP contribution in [0.25, 0.3) is 0 Å². The van der Waals surface area contributed by atoms with Crippen molar-refractivity contribution in [2.45, 2.75) is 115 Å². The van der Waals surface area contributed by atoms with Gasteiger partial charge in [-0.3, -0.25) is 28.8 Å². The first kappa shape index (κ1) is 51.6. The number of carboxylic acids is 3. The van der Waals surface area contributed by atoms with Gasteiger partial charge in [0.25, 0.3) is 0 Å². The Morgan fingerprint density at radius 3 is 1.30 bits per heavy atom. The predicted molar refractivity (Wildman–Crippen MR) is 199 cm³/mol. The van der Waals surface area contributed by atoms with Crippen LogP contribution in [0.3, 0.4) is 0 Å². The van der Waals surface area contributed by atoms with E-state index in [2.05, 4.69) is 21.3 Å². The number of ether oxygens (including phenoxy) is 4. The maximum absolute atomic E-state index is 12.4. The number of hydrogen-bond acceptors (Lipinski definition) is 12. The van der Waals surface area contributed by atoms with Crippen molar-refractivity contribution in [2.75, 3.05) is 65.9 Å². The van der Waals surface area contributed by atoms with Crippen LogP contribution < -0.4 is 27.0 Å². The van der Waals surface area contributed by atoms with Gasteiger partial charge in [-0.05, 0) is 25.7 Å². The molecule has 9 N–H and O–H groups in total. The lowest BCUT2D eigenvalue weighted by molar-refractivity contribution is -0.143. The number of carboxylic acid groups (broad SMARTS) is 3. The van der Waals surface area contributed by atoms with Crippen LogP contribution in [-0.2, 0) is 57.3 Å². The van der Waals surface area contributed by atoms with E-state index in [4.69, 9.17) is 29.8 Å².